The van der Waals surface area contributed by atoms with Gasteiger partial charge in [-0.05, 0) is 0 Å². The summed E-state index contributed by atoms with van der Waals surface area (Å²) in [6, 6.07) is 0. The third kappa shape index (κ3) is 1.93. The van der Waals surface area contributed by atoms with Crippen molar-refractivity contribution in [3.05, 3.63) is 0 Å². The Morgan fingerprint density at radius 2 is 2.11 bits per heavy atom. The summed E-state index contributed by atoms with van der Waals surface area (Å²) < 4.78 is 10.6. The van der Waals surface area contributed by atoms with Crippen molar-refractivity contribution in [2.75, 3.05) is 11.5 Å². The van der Waals surface area contributed by atoms with E-state index in [2.05, 4.69) is 0 Å². The second-order valence-corrected chi connectivity index (χ2v) is 5.22. The third-order valence-electron chi connectivity index (χ3n) is 1.12. The zero-order chi connectivity index (χ0) is 6.85. The van der Waals surface area contributed by atoms with Gasteiger partial charge in [0.05, 0.1) is 27.8 Å². The van der Waals surface area contributed by atoms with E-state index in [4.69, 9.17) is 10.2 Å². The number of aliphatic hydroxyl groups is 2. The van der Waals surface area contributed by atoms with Crippen molar-refractivity contribution in [2.24, 2.45) is 0 Å². The molecule has 9 heavy (non-hydrogen) atoms. The Hall–Kier alpha value is 0.420. The van der Waals surface area contributed by atoms with E-state index >= 15 is 0 Å². The highest BCUT2D eigenvalue weighted by molar-refractivity contribution is 8.69. The summed E-state index contributed by atoms with van der Waals surface area (Å²) in [5.74, 6) is 0.583. The molecule has 5 heteroatoms. The Kier molecular flexibility index (Phi) is 2.51. The zero-order valence-corrected chi connectivity index (χ0v) is 6.32. The van der Waals surface area contributed by atoms with E-state index in [1.54, 1.807) is 0 Å². The highest BCUT2D eigenvalue weighted by Gasteiger charge is 2.25. The van der Waals surface area contributed by atoms with Crippen LogP contribution in [0.1, 0.15) is 0 Å². The van der Waals surface area contributed by atoms with E-state index in [0.29, 0.717) is 5.75 Å². The Balaban J connectivity index is 2.44. The minimum atomic E-state index is -0.984. The Morgan fingerprint density at radius 3 is 2.56 bits per heavy atom. The van der Waals surface area contributed by atoms with Crippen molar-refractivity contribution < 1.29 is 14.4 Å². The quantitative estimate of drug-likeness (QED) is 0.461. The average molecular weight is 168 g/mol. The van der Waals surface area contributed by atoms with E-state index in [9.17, 15) is 4.21 Å². The fraction of sp³-hybridized carbons (Fsp3) is 1.00. The molecule has 0 aromatic rings. The second-order valence-electron chi connectivity index (χ2n) is 1.89. The Morgan fingerprint density at radius 1 is 1.44 bits per heavy atom. The molecule has 1 fully saturated rings. The lowest BCUT2D eigenvalue weighted by atomic mass is 10.3. The van der Waals surface area contributed by atoms with Crippen LogP contribution in [0.2, 0.25) is 0 Å². The largest absolute Gasteiger partial charge is 0.389 e. The molecule has 1 aliphatic rings. The molecule has 54 valence electrons. The smallest absolute Gasteiger partial charge is 0.0931 e. The van der Waals surface area contributed by atoms with Crippen molar-refractivity contribution in [3.8, 4) is 0 Å². The molecular weight excluding hydrogens is 160 g/mol. The topological polar surface area (TPSA) is 57.5 Å². The first kappa shape index (κ1) is 7.53. The van der Waals surface area contributed by atoms with Crippen LogP contribution in [0.4, 0.5) is 0 Å². The van der Waals surface area contributed by atoms with Crippen molar-refractivity contribution >= 4 is 20.6 Å². The van der Waals surface area contributed by atoms with Crippen LogP contribution in [0.5, 0.6) is 0 Å². The third-order valence-corrected chi connectivity index (χ3v) is 4.08. The van der Waals surface area contributed by atoms with Gasteiger partial charge in [-0.2, -0.15) is 0 Å². The van der Waals surface area contributed by atoms with Gasteiger partial charge in [0.25, 0.3) is 0 Å². The summed E-state index contributed by atoms with van der Waals surface area (Å²) in [5.41, 5.74) is 0. The molecule has 1 aliphatic heterocycles. The Labute approximate surface area is 59.3 Å². The van der Waals surface area contributed by atoms with E-state index in [1.807, 2.05) is 0 Å². The molecule has 1 heterocycles. The van der Waals surface area contributed by atoms with E-state index in [1.165, 1.54) is 10.8 Å². The normalized spacial score (nSPS) is 44.9. The minimum Gasteiger partial charge on any atom is -0.389 e. The van der Waals surface area contributed by atoms with Gasteiger partial charge in [0, 0.05) is 5.75 Å². The Bertz CT molecular complexity index is 127. The molecule has 1 saturated heterocycles. The standard InChI is InChI=1S/C4H8O3S2/c5-3-1-8-9(7)2-4(3)6/h3-6H,1-2H2/t3-,4-,9?/m1/s1. The maximum atomic E-state index is 10.6. The highest BCUT2D eigenvalue weighted by atomic mass is 33.1. The molecule has 3 nitrogen and oxygen atoms in total. The van der Waals surface area contributed by atoms with Crippen LogP contribution in [-0.2, 0) is 9.83 Å². The zero-order valence-electron chi connectivity index (χ0n) is 4.69. The van der Waals surface area contributed by atoms with Crippen molar-refractivity contribution in [2.45, 2.75) is 12.2 Å². The molecule has 0 radical (unpaired) electrons. The maximum Gasteiger partial charge on any atom is 0.0931 e. The molecule has 0 spiro atoms. The summed E-state index contributed by atoms with van der Waals surface area (Å²) >= 11 is 0. The molecule has 0 aromatic carbocycles. The van der Waals surface area contributed by atoms with Crippen LogP contribution < -0.4 is 0 Å². The molecule has 2 N–H and O–H groups in total. The molecule has 0 aromatic heterocycles. The molecular formula is C4H8O3S2. The second kappa shape index (κ2) is 3.01. The van der Waals surface area contributed by atoms with Gasteiger partial charge < -0.3 is 10.2 Å². The van der Waals surface area contributed by atoms with Gasteiger partial charge in [-0.25, -0.2) is 4.21 Å². The van der Waals surface area contributed by atoms with Gasteiger partial charge in [-0.15, -0.1) is 0 Å². The van der Waals surface area contributed by atoms with Crippen LogP contribution in [0.25, 0.3) is 0 Å². The number of hydrogen-bond acceptors (Lipinski definition) is 4. The van der Waals surface area contributed by atoms with Crippen LogP contribution in [0.3, 0.4) is 0 Å². The summed E-state index contributed by atoms with van der Waals surface area (Å²) in [6.07, 6.45) is -1.47. The van der Waals surface area contributed by atoms with E-state index in [0.717, 1.165) is 0 Å². The lowest BCUT2D eigenvalue weighted by Crippen LogP contribution is -2.36. The molecule has 0 saturated carbocycles. The fourth-order valence-electron chi connectivity index (χ4n) is 0.555. The molecule has 0 amide bonds. The fourth-order valence-corrected chi connectivity index (χ4v) is 3.25. The van der Waals surface area contributed by atoms with Gasteiger partial charge in [-0.1, -0.05) is 10.8 Å². The molecule has 0 aliphatic carbocycles. The van der Waals surface area contributed by atoms with Gasteiger partial charge in [-0.3, -0.25) is 0 Å². The summed E-state index contributed by atoms with van der Waals surface area (Å²) in [4.78, 5) is 0. The predicted octanol–water partition coefficient (Wildman–Crippen LogP) is -0.881. The number of rotatable bonds is 0. The molecule has 0 bridgehead atoms. The van der Waals surface area contributed by atoms with Crippen LogP contribution >= 0.6 is 10.8 Å². The maximum absolute atomic E-state index is 10.6. The van der Waals surface area contributed by atoms with Crippen molar-refractivity contribution in [1.29, 1.82) is 0 Å². The first-order valence-electron chi connectivity index (χ1n) is 2.58. The van der Waals surface area contributed by atoms with Crippen LogP contribution in [0, 0.1) is 0 Å². The van der Waals surface area contributed by atoms with Gasteiger partial charge in [0.2, 0.25) is 0 Å². The number of hydrogen-bond donors (Lipinski definition) is 2. The lowest BCUT2D eigenvalue weighted by Gasteiger charge is -2.21. The predicted molar refractivity (Wildman–Crippen MR) is 37.5 cm³/mol. The van der Waals surface area contributed by atoms with Crippen molar-refractivity contribution in [3.63, 3.8) is 0 Å². The van der Waals surface area contributed by atoms with E-state index < -0.39 is 22.0 Å². The number of aliphatic hydroxyl groups excluding tert-OH is 2. The minimum absolute atomic E-state index is 0.200. The van der Waals surface area contributed by atoms with Gasteiger partial charge in [0.15, 0.2) is 0 Å². The van der Waals surface area contributed by atoms with Gasteiger partial charge in [0.1, 0.15) is 0 Å². The molecule has 1 unspecified atom stereocenters. The van der Waals surface area contributed by atoms with Crippen molar-refractivity contribution in [1.82, 2.24) is 0 Å². The van der Waals surface area contributed by atoms with Crippen LogP contribution in [-0.4, -0.2) is 38.1 Å². The first-order valence-corrected chi connectivity index (χ1v) is 5.40. The molecule has 3 atom stereocenters. The first-order chi connectivity index (χ1) is 4.20. The van der Waals surface area contributed by atoms with Gasteiger partial charge >= 0.3 is 0 Å². The highest BCUT2D eigenvalue weighted by Crippen LogP contribution is 2.18. The lowest BCUT2D eigenvalue weighted by molar-refractivity contribution is 0.0487. The van der Waals surface area contributed by atoms with E-state index in [-0.39, 0.29) is 5.75 Å². The monoisotopic (exact) mass is 168 g/mol. The average Bonchev–Trinajstić information content (AvgIpc) is 1.80. The SMILES string of the molecule is O=S1C[C@@H](O)[C@H](O)CS1. The summed E-state index contributed by atoms with van der Waals surface area (Å²) in [7, 11) is 0.208. The summed E-state index contributed by atoms with van der Waals surface area (Å²) in [5, 5.41) is 17.8. The van der Waals surface area contributed by atoms with Crippen LogP contribution in [0.15, 0.2) is 0 Å². The molecule has 1 rings (SSSR count). The summed E-state index contributed by atoms with van der Waals surface area (Å²) in [6.45, 7) is 0.